The summed E-state index contributed by atoms with van der Waals surface area (Å²) >= 11 is 0. The van der Waals surface area contributed by atoms with Crippen molar-refractivity contribution >= 4 is 11.4 Å². The number of hydrogen-bond acceptors (Lipinski definition) is 0. The number of hydrogen-bond donors (Lipinski definition) is 0. The van der Waals surface area contributed by atoms with E-state index in [0.717, 1.165) is 49.9 Å². The summed E-state index contributed by atoms with van der Waals surface area (Å²) in [7, 11) is 0. The molecule has 1 aliphatic heterocycles. The molecule has 3 rings (SSSR count). The molecule has 2 aromatic rings. The van der Waals surface area contributed by atoms with Gasteiger partial charge >= 0.3 is 0 Å². The van der Waals surface area contributed by atoms with E-state index < -0.39 is 0 Å². The van der Waals surface area contributed by atoms with Crippen molar-refractivity contribution in [3.05, 3.63) is 86.5 Å². The normalized spacial score (nSPS) is 13.2. The largest absolute Gasteiger partial charge is 0.493 e. The third-order valence-corrected chi connectivity index (χ3v) is 9.85. The van der Waals surface area contributed by atoms with Gasteiger partial charge in [0.25, 0.3) is 0 Å². The van der Waals surface area contributed by atoms with Gasteiger partial charge < -0.3 is 5.53 Å². The second kappa shape index (κ2) is 23.5. The number of benzene rings is 2. The van der Waals surface area contributed by atoms with Gasteiger partial charge in [0.1, 0.15) is 0 Å². The Hall–Kier alpha value is -1.82. The fourth-order valence-corrected chi connectivity index (χ4v) is 7.18. The molecule has 1 aliphatic rings. The smallest absolute Gasteiger partial charge is 0.211 e. The molecule has 0 saturated carbocycles. The monoisotopic (exact) mass is 730 g/mol. The summed E-state index contributed by atoms with van der Waals surface area (Å²) in [6.07, 6.45) is 26.1. The summed E-state index contributed by atoms with van der Waals surface area (Å²) in [5, 5.41) is 0. The summed E-state index contributed by atoms with van der Waals surface area (Å²) in [5.74, 6) is 0. The van der Waals surface area contributed by atoms with E-state index in [-0.39, 0.29) is 20.4 Å². The summed E-state index contributed by atoms with van der Waals surface area (Å²) in [6.45, 7) is 13.8. The van der Waals surface area contributed by atoms with E-state index in [4.69, 9.17) is 0 Å². The number of aryl methyl sites for hydroxylation is 4. The maximum absolute atomic E-state index is 12.5. The van der Waals surface area contributed by atoms with E-state index in [2.05, 4.69) is 77.9 Å². The van der Waals surface area contributed by atoms with E-state index in [1.54, 1.807) is 4.70 Å². The second-order valence-corrected chi connectivity index (χ2v) is 14.1. The molecule has 0 N–H and O–H groups in total. The maximum Gasteiger partial charge on any atom is 0.211 e. The van der Waals surface area contributed by atoms with Crippen molar-refractivity contribution < 1.29 is 25.1 Å². The predicted octanol–water partition coefficient (Wildman–Crippen LogP) is 14.2. The molecular weight excluding hydrogens is 663 g/mol. The first kappa shape index (κ1) is 41.4. The Labute approximate surface area is 304 Å². The van der Waals surface area contributed by atoms with Crippen LogP contribution in [0.15, 0.2) is 47.5 Å². The molecule has 0 aliphatic carbocycles. The molecule has 2 nitrogen and oxygen atoms in total. The minimum Gasteiger partial charge on any atom is -0.493 e. The molecule has 0 radical (unpaired) electrons. The average Bonchev–Trinajstić information content (AvgIpc) is 3.33. The Kier molecular flexibility index (Phi) is 20.7. The van der Waals surface area contributed by atoms with Crippen LogP contribution in [0.25, 0.3) is 16.9 Å². The molecule has 0 unspecified atom stereocenters. The third-order valence-electron chi connectivity index (χ3n) is 9.85. The van der Waals surface area contributed by atoms with E-state index in [9.17, 15) is 5.53 Å². The molecule has 0 atom stereocenters. The molecule has 0 aromatic heterocycles. The van der Waals surface area contributed by atoms with Crippen molar-refractivity contribution in [2.45, 2.75) is 183 Å². The number of allylic oxidation sites excluding steroid dienone is 2. The molecule has 0 spiro atoms. The summed E-state index contributed by atoms with van der Waals surface area (Å²) < 4.78 is 1.66. The van der Waals surface area contributed by atoms with Crippen LogP contribution >= 0.6 is 0 Å². The maximum atomic E-state index is 12.5. The number of nitrogens with zero attached hydrogens (tertiary/aromatic N) is 2. The zero-order chi connectivity index (χ0) is 33.1. The number of unbranched alkanes of at least 4 members (excludes halogenated alkanes) is 10. The molecule has 2 aromatic carbocycles. The molecule has 1 heterocycles. The van der Waals surface area contributed by atoms with Crippen LogP contribution in [-0.2, 0) is 46.1 Å². The van der Waals surface area contributed by atoms with Gasteiger partial charge in [0.15, 0.2) is 0 Å². The molecule has 0 bridgehead atoms. The Morgan fingerprint density at radius 2 is 0.660 bits per heavy atom. The predicted molar refractivity (Wildman–Crippen MR) is 202 cm³/mol. The second-order valence-electron chi connectivity index (χ2n) is 14.1. The molecule has 264 valence electrons. The van der Waals surface area contributed by atoms with Crippen LogP contribution in [0.4, 0.5) is 0 Å². The van der Waals surface area contributed by atoms with Crippen LogP contribution in [0.5, 0.6) is 0 Å². The zero-order valence-electron chi connectivity index (χ0n) is 31.2. The topological polar surface area (TPSA) is 25.3 Å². The fourth-order valence-electron chi connectivity index (χ4n) is 7.18. The molecule has 0 saturated heterocycles. The van der Waals surface area contributed by atoms with Crippen molar-refractivity contribution in [3.8, 4) is 0 Å². The van der Waals surface area contributed by atoms with Crippen molar-refractivity contribution in [2.24, 2.45) is 0 Å². The van der Waals surface area contributed by atoms with Crippen LogP contribution in [0.1, 0.15) is 190 Å². The summed E-state index contributed by atoms with van der Waals surface area (Å²) in [5.41, 5.74) is 25.6. The van der Waals surface area contributed by atoms with Gasteiger partial charge in [0.05, 0.1) is 0 Å². The van der Waals surface area contributed by atoms with E-state index >= 15 is 0 Å². The minimum atomic E-state index is 0. The molecule has 3 heteroatoms. The molecule has 47 heavy (non-hydrogen) atoms. The SMILES string of the molecule is CCCCCC1=C(c2cc(CCCC)cc(CCCC)c2)[N+](=[N-])C(c2cc(CCCCC)cc(CCCCC)c2)=C1CCCCC.[Pd]. The molecular formula is C44H68N2Pd. The van der Waals surface area contributed by atoms with Gasteiger partial charge in [-0.2, -0.15) is 0 Å². The van der Waals surface area contributed by atoms with Crippen LogP contribution in [0.3, 0.4) is 0 Å². The summed E-state index contributed by atoms with van der Waals surface area (Å²) in [6, 6.07) is 14.6. The van der Waals surface area contributed by atoms with Gasteiger partial charge in [-0.25, -0.2) is 4.70 Å². The standard InChI is InChI=1S/C44H68N2.Pd/c1-7-13-19-25-37-30-38(26-20-14-8-2)34-40(33-37)44-42(28-22-16-10-4)41(27-21-15-9-3)43(46(44)45)39-31-35(23-17-11-5)29-36(32-39)24-18-12-6;/h29-34H,7-28H2,1-6H3;. The van der Waals surface area contributed by atoms with Crippen LogP contribution in [-0.4, -0.2) is 4.70 Å². The number of rotatable bonds is 24. The van der Waals surface area contributed by atoms with Gasteiger partial charge in [-0.05, 0) is 124 Å². The van der Waals surface area contributed by atoms with Crippen molar-refractivity contribution in [3.63, 3.8) is 0 Å². The van der Waals surface area contributed by atoms with Gasteiger partial charge in [0, 0.05) is 42.7 Å². The molecule has 0 amide bonds. The zero-order valence-corrected chi connectivity index (χ0v) is 32.8. The Morgan fingerprint density at radius 1 is 0.383 bits per heavy atom. The van der Waals surface area contributed by atoms with Gasteiger partial charge in [-0.1, -0.05) is 118 Å². The van der Waals surface area contributed by atoms with Crippen molar-refractivity contribution in [1.29, 1.82) is 0 Å². The average molecular weight is 731 g/mol. The van der Waals surface area contributed by atoms with Crippen LogP contribution in [0, 0.1) is 0 Å². The Morgan fingerprint density at radius 3 is 0.957 bits per heavy atom. The van der Waals surface area contributed by atoms with Crippen LogP contribution in [0.2, 0.25) is 0 Å². The van der Waals surface area contributed by atoms with Crippen LogP contribution < -0.4 is 0 Å². The first-order chi connectivity index (χ1) is 22.5. The van der Waals surface area contributed by atoms with E-state index in [1.165, 1.54) is 147 Å². The first-order valence-corrected chi connectivity index (χ1v) is 19.7. The van der Waals surface area contributed by atoms with Gasteiger partial charge in [0.2, 0.25) is 11.4 Å². The van der Waals surface area contributed by atoms with E-state index in [0.29, 0.717) is 0 Å². The first-order valence-electron chi connectivity index (χ1n) is 19.7. The third kappa shape index (κ3) is 12.9. The van der Waals surface area contributed by atoms with Crippen molar-refractivity contribution in [2.75, 3.05) is 0 Å². The minimum absolute atomic E-state index is 0. The van der Waals surface area contributed by atoms with Crippen molar-refractivity contribution in [1.82, 2.24) is 0 Å². The van der Waals surface area contributed by atoms with Gasteiger partial charge in [-0.3, -0.25) is 0 Å². The Bertz CT molecular complexity index is 1230. The van der Waals surface area contributed by atoms with E-state index in [1.807, 2.05) is 0 Å². The quantitative estimate of drug-likeness (QED) is 0.0584. The Balaban J connectivity index is 0.00000768. The molecule has 0 fully saturated rings. The fraction of sp³-hybridized carbons (Fsp3) is 0.636. The van der Waals surface area contributed by atoms with Gasteiger partial charge in [-0.15, -0.1) is 0 Å². The summed E-state index contributed by atoms with van der Waals surface area (Å²) in [4.78, 5) is 0.